The number of carbonyl (C=O) groups is 1. The van der Waals surface area contributed by atoms with E-state index in [1.54, 1.807) is 0 Å². The van der Waals surface area contributed by atoms with Crippen molar-refractivity contribution >= 4 is 5.97 Å². The molecule has 2 nitrogen and oxygen atoms in total. The van der Waals surface area contributed by atoms with Crippen molar-refractivity contribution in [1.82, 2.24) is 0 Å². The first-order valence-corrected chi connectivity index (χ1v) is 10.8. The molecule has 0 saturated heterocycles. The number of esters is 1. The highest BCUT2D eigenvalue weighted by molar-refractivity contribution is 5.69. The quantitative estimate of drug-likeness (QED) is 0.390. The van der Waals surface area contributed by atoms with E-state index < -0.39 is 0 Å². The fourth-order valence-electron chi connectivity index (χ4n) is 2.24. The number of carbonyl (C=O) groups excluding carboxylic acids is 1. The lowest BCUT2D eigenvalue weighted by Crippen LogP contribution is -2.18. The molecule has 2 aromatic carbocycles. The Balaban J connectivity index is -0.000000695. The van der Waals surface area contributed by atoms with E-state index in [2.05, 4.69) is 45.0 Å². The lowest BCUT2D eigenvalue weighted by atomic mass is 9.78. The first-order chi connectivity index (χ1) is 13.4. The van der Waals surface area contributed by atoms with Crippen molar-refractivity contribution in [3.05, 3.63) is 65.2 Å². The van der Waals surface area contributed by atoms with Crippen LogP contribution in [0.4, 0.5) is 0 Å². The van der Waals surface area contributed by atoms with Gasteiger partial charge in [-0.25, -0.2) is 0 Å². The Kier molecular flexibility index (Phi) is 20.0. The first kappa shape index (κ1) is 30.6. The van der Waals surface area contributed by atoms with Crippen molar-refractivity contribution < 1.29 is 9.53 Å². The van der Waals surface area contributed by atoms with Gasteiger partial charge in [-0.2, -0.15) is 0 Å². The fraction of sp³-hybridized carbons (Fsp3) is 0.500. The van der Waals surface area contributed by atoms with Crippen LogP contribution in [0.25, 0.3) is 0 Å². The van der Waals surface area contributed by atoms with E-state index in [0.29, 0.717) is 5.75 Å². The van der Waals surface area contributed by atoms with Gasteiger partial charge in [0.2, 0.25) is 0 Å². The molecule has 0 saturated carbocycles. The predicted octanol–water partition coefficient (Wildman–Crippen LogP) is 8.35. The lowest BCUT2D eigenvalue weighted by Gasteiger charge is -2.26. The fourth-order valence-corrected chi connectivity index (χ4v) is 2.24. The molecule has 0 spiro atoms. The van der Waals surface area contributed by atoms with Gasteiger partial charge in [0, 0.05) is 12.3 Å². The number of hydrogen-bond donors (Lipinski definition) is 0. The highest BCUT2D eigenvalue weighted by Crippen LogP contribution is 2.32. The van der Waals surface area contributed by atoms with Gasteiger partial charge in [-0.3, -0.25) is 4.79 Å². The molecule has 0 heterocycles. The second-order valence-corrected chi connectivity index (χ2v) is 5.61. The minimum Gasteiger partial charge on any atom is -0.427 e. The molecule has 28 heavy (non-hydrogen) atoms. The maximum Gasteiger partial charge on any atom is 0.308 e. The topological polar surface area (TPSA) is 26.3 Å². The Hall–Kier alpha value is -2.09. The highest BCUT2D eigenvalue weighted by Gasteiger charge is 2.22. The number of rotatable bonds is 3. The van der Waals surface area contributed by atoms with Gasteiger partial charge in [0.05, 0.1) is 0 Å². The van der Waals surface area contributed by atoms with Crippen LogP contribution in [0.3, 0.4) is 0 Å². The summed E-state index contributed by atoms with van der Waals surface area (Å²) in [6.07, 6.45) is 0. The monoisotopic (exact) mass is 388 g/mol. The Labute approximate surface area is 175 Å². The molecule has 2 rings (SSSR count). The number of benzene rings is 2. The Bertz CT molecular complexity index is 593. The third-order valence-corrected chi connectivity index (χ3v) is 3.61. The van der Waals surface area contributed by atoms with Gasteiger partial charge in [0.25, 0.3) is 0 Å². The third-order valence-electron chi connectivity index (χ3n) is 3.61. The zero-order valence-corrected chi connectivity index (χ0v) is 20.4. The Morgan fingerprint density at radius 1 is 0.679 bits per heavy atom. The van der Waals surface area contributed by atoms with Gasteiger partial charge in [0.15, 0.2) is 0 Å². The standard InChI is InChI=1S/C18H20O2.4C2H6/c1-13-5-7-15(8-6-13)18(3,4)16-9-11-17(12-10-16)20-14(2)19;4*1-2/h5-12H,1-4H3;4*1-2H3. The lowest BCUT2D eigenvalue weighted by molar-refractivity contribution is -0.131. The van der Waals surface area contributed by atoms with Crippen LogP contribution in [0.5, 0.6) is 5.75 Å². The van der Waals surface area contributed by atoms with E-state index in [9.17, 15) is 4.79 Å². The molecule has 0 fully saturated rings. The maximum absolute atomic E-state index is 10.9. The molecular formula is C26H44O2. The van der Waals surface area contributed by atoms with Gasteiger partial charge >= 0.3 is 5.97 Å². The summed E-state index contributed by atoms with van der Waals surface area (Å²) in [4.78, 5) is 10.9. The summed E-state index contributed by atoms with van der Waals surface area (Å²) in [6, 6.07) is 16.3. The predicted molar refractivity (Wildman–Crippen MR) is 126 cm³/mol. The highest BCUT2D eigenvalue weighted by atomic mass is 16.5. The zero-order valence-electron chi connectivity index (χ0n) is 20.4. The van der Waals surface area contributed by atoms with Crippen molar-refractivity contribution in [3.8, 4) is 5.75 Å². The minimum atomic E-state index is -0.296. The van der Waals surface area contributed by atoms with E-state index >= 15 is 0 Å². The number of ether oxygens (including phenoxy) is 1. The molecule has 0 radical (unpaired) electrons. The summed E-state index contributed by atoms with van der Waals surface area (Å²) in [5.74, 6) is 0.288. The number of hydrogen-bond acceptors (Lipinski definition) is 2. The van der Waals surface area contributed by atoms with Crippen LogP contribution in [0.2, 0.25) is 0 Å². The van der Waals surface area contributed by atoms with Gasteiger partial charge in [-0.05, 0) is 30.2 Å². The van der Waals surface area contributed by atoms with E-state index in [4.69, 9.17) is 4.74 Å². The molecule has 2 heteroatoms. The van der Waals surface area contributed by atoms with E-state index in [0.717, 1.165) is 0 Å². The average molecular weight is 389 g/mol. The molecule has 0 atom stereocenters. The van der Waals surface area contributed by atoms with Gasteiger partial charge in [0.1, 0.15) is 5.75 Å². The zero-order chi connectivity index (χ0) is 22.8. The van der Waals surface area contributed by atoms with Crippen molar-refractivity contribution in [2.75, 3.05) is 0 Å². The third kappa shape index (κ3) is 10.9. The molecule has 160 valence electrons. The van der Waals surface area contributed by atoms with Crippen LogP contribution in [-0.2, 0) is 10.2 Å². The normalized spacial score (nSPS) is 8.86. The molecule has 0 aliphatic heterocycles. The van der Waals surface area contributed by atoms with E-state index in [1.165, 1.54) is 23.6 Å². The molecule has 0 aliphatic rings. The smallest absolute Gasteiger partial charge is 0.308 e. The van der Waals surface area contributed by atoms with Crippen molar-refractivity contribution in [2.45, 2.75) is 88.5 Å². The molecule has 0 N–H and O–H groups in total. The number of aryl methyl sites for hydroxylation is 1. The molecule has 0 aliphatic carbocycles. The molecule has 0 bridgehead atoms. The second kappa shape index (κ2) is 18.3. The Morgan fingerprint density at radius 3 is 1.32 bits per heavy atom. The maximum atomic E-state index is 10.9. The summed E-state index contributed by atoms with van der Waals surface area (Å²) in [7, 11) is 0. The summed E-state index contributed by atoms with van der Waals surface area (Å²) in [6.45, 7) is 23.9. The van der Waals surface area contributed by atoms with Gasteiger partial charge in [-0.1, -0.05) is 111 Å². The average Bonchev–Trinajstić information content (AvgIpc) is 2.74. The Morgan fingerprint density at radius 2 is 1.00 bits per heavy atom. The van der Waals surface area contributed by atoms with Crippen LogP contribution >= 0.6 is 0 Å². The molecule has 0 aromatic heterocycles. The van der Waals surface area contributed by atoms with Crippen molar-refractivity contribution in [1.29, 1.82) is 0 Å². The minimum absolute atomic E-state index is 0.0809. The van der Waals surface area contributed by atoms with Crippen LogP contribution in [0.1, 0.15) is 92.9 Å². The summed E-state index contributed by atoms with van der Waals surface area (Å²) in [5, 5.41) is 0. The largest absolute Gasteiger partial charge is 0.427 e. The molecule has 0 amide bonds. The molecule has 2 aromatic rings. The first-order valence-electron chi connectivity index (χ1n) is 10.8. The summed E-state index contributed by atoms with van der Waals surface area (Å²) in [5.41, 5.74) is 3.64. The van der Waals surface area contributed by atoms with Crippen molar-refractivity contribution in [3.63, 3.8) is 0 Å². The van der Waals surface area contributed by atoms with Gasteiger partial charge < -0.3 is 4.74 Å². The van der Waals surface area contributed by atoms with E-state index in [1.807, 2.05) is 79.7 Å². The summed E-state index contributed by atoms with van der Waals surface area (Å²) < 4.78 is 5.06. The second-order valence-electron chi connectivity index (χ2n) is 5.61. The van der Waals surface area contributed by atoms with Crippen LogP contribution in [0.15, 0.2) is 48.5 Å². The SMILES string of the molecule is CC.CC.CC.CC.CC(=O)Oc1ccc(C(C)(C)c2ccc(C)cc2)cc1. The van der Waals surface area contributed by atoms with Gasteiger partial charge in [-0.15, -0.1) is 0 Å². The summed E-state index contributed by atoms with van der Waals surface area (Å²) >= 11 is 0. The van der Waals surface area contributed by atoms with Crippen molar-refractivity contribution in [2.24, 2.45) is 0 Å². The van der Waals surface area contributed by atoms with Crippen LogP contribution in [0, 0.1) is 6.92 Å². The van der Waals surface area contributed by atoms with Crippen LogP contribution in [-0.4, -0.2) is 5.97 Å². The molecular weight excluding hydrogens is 344 g/mol. The van der Waals surface area contributed by atoms with E-state index in [-0.39, 0.29) is 11.4 Å². The van der Waals surface area contributed by atoms with Crippen LogP contribution < -0.4 is 4.74 Å². The molecule has 0 unspecified atom stereocenters.